The zero-order valence-electron chi connectivity index (χ0n) is 9.91. The molecule has 4 bridgehead atoms. The zero-order valence-corrected chi connectivity index (χ0v) is 9.91. The highest BCUT2D eigenvalue weighted by atomic mass is 15.2. The first kappa shape index (κ1) is 9.04. The molecule has 1 spiro atoms. The van der Waals surface area contributed by atoms with Gasteiger partial charge in [-0.3, -0.25) is 0 Å². The predicted molar refractivity (Wildman–Crippen MR) is 61.6 cm³/mol. The Hall–Kier alpha value is -0.0400. The summed E-state index contributed by atoms with van der Waals surface area (Å²) in [5.41, 5.74) is 0.810. The first-order valence-corrected chi connectivity index (χ1v) is 7.01. The van der Waals surface area contributed by atoms with Gasteiger partial charge in [-0.25, -0.2) is 0 Å². The SMILES string of the molecule is CCN1CC2C3C[C@@H]4C[C@H](C3)CC2(C4)C1. The van der Waals surface area contributed by atoms with Crippen LogP contribution in [0.3, 0.4) is 0 Å². The number of nitrogens with zero attached hydrogens (tertiary/aromatic N) is 1. The summed E-state index contributed by atoms with van der Waals surface area (Å²) < 4.78 is 0. The van der Waals surface area contributed by atoms with E-state index < -0.39 is 0 Å². The van der Waals surface area contributed by atoms with Crippen molar-refractivity contribution in [2.75, 3.05) is 19.6 Å². The van der Waals surface area contributed by atoms with Crippen LogP contribution in [0.5, 0.6) is 0 Å². The van der Waals surface area contributed by atoms with Gasteiger partial charge in [-0.15, -0.1) is 0 Å². The molecular weight excluding hydrogens is 182 g/mol. The Bertz CT molecular complexity index is 271. The average molecular weight is 205 g/mol. The highest BCUT2D eigenvalue weighted by Gasteiger charge is 2.59. The lowest BCUT2D eigenvalue weighted by Gasteiger charge is -2.58. The van der Waals surface area contributed by atoms with Crippen LogP contribution < -0.4 is 0 Å². The summed E-state index contributed by atoms with van der Waals surface area (Å²) in [4.78, 5) is 2.74. The lowest BCUT2D eigenvalue weighted by Crippen LogP contribution is -2.52. The molecule has 5 fully saturated rings. The van der Waals surface area contributed by atoms with E-state index in [2.05, 4.69) is 11.8 Å². The zero-order chi connectivity index (χ0) is 10.0. The van der Waals surface area contributed by atoms with Crippen LogP contribution in [0.4, 0.5) is 0 Å². The lowest BCUT2D eigenvalue weighted by atomic mass is 9.46. The Morgan fingerprint density at radius 1 is 1.13 bits per heavy atom. The third-order valence-electron chi connectivity index (χ3n) is 6.13. The number of rotatable bonds is 1. The molecule has 0 radical (unpaired) electrons. The Morgan fingerprint density at radius 3 is 2.53 bits per heavy atom. The molecule has 0 N–H and O–H groups in total. The highest BCUT2D eigenvalue weighted by molar-refractivity contribution is 5.10. The fraction of sp³-hybridized carbons (Fsp3) is 1.00. The normalized spacial score (nSPS) is 57.4. The molecule has 1 aliphatic heterocycles. The van der Waals surface area contributed by atoms with E-state index in [1.807, 2.05) is 0 Å². The molecule has 15 heavy (non-hydrogen) atoms. The average Bonchev–Trinajstić information content (AvgIpc) is 2.55. The maximum atomic E-state index is 2.74. The van der Waals surface area contributed by atoms with Gasteiger partial charge in [0.2, 0.25) is 0 Å². The van der Waals surface area contributed by atoms with Crippen molar-refractivity contribution in [1.82, 2.24) is 4.90 Å². The molecule has 3 unspecified atom stereocenters. The molecule has 4 aliphatic carbocycles. The Labute approximate surface area is 93.2 Å². The van der Waals surface area contributed by atoms with E-state index in [9.17, 15) is 0 Å². The van der Waals surface area contributed by atoms with Crippen molar-refractivity contribution in [2.24, 2.45) is 29.1 Å². The third kappa shape index (κ3) is 1.08. The molecule has 0 aromatic rings. The minimum Gasteiger partial charge on any atom is -0.303 e. The van der Waals surface area contributed by atoms with Gasteiger partial charge in [-0.05, 0) is 67.7 Å². The fourth-order valence-electron chi connectivity index (χ4n) is 5.93. The topological polar surface area (TPSA) is 3.24 Å². The summed E-state index contributed by atoms with van der Waals surface area (Å²) in [6, 6.07) is 0. The summed E-state index contributed by atoms with van der Waals surface area (Å²) in [7, 11) is 0. The van der Waals surface area contributed by atoms with Crippen LogP contribution in [0.15, 0.2) is 0 Å². The van der Waals surface area contributed by atoms with Crippen molar-refractivity contribution in [1.29, 1.82) is 0 Å². The van der Waals surface area contributed by atoms with Crippen LogP contribution in [0.25, 0.3) is 0 Å². The molecule has 5 atom stereocenters. The maximum Gasteiger partial charge on any atom is 0.00414 e. The molecule has 1 saturated heterocycles. The standard InChI is InChI=1S/C14H23N/c1-2-15-8-13-12-4-10-3-11(5-12)7-14(13,6-10)9-15/h10-13H,2-9H2,1H3/t10-,11+,12?,13?,14?. The second-order valence-electron chi connectivity index (χ2n) is 6.90. The first-order chi connectivity index (χ1) is 7.29. The van der Waals surface area contributed by atoms with E-state index in [-0.39, 0.29) is 0 Å². The first-order valence-electron chi connectivity index (χ1n) is 7.01. The van der Waals surface area contributed by atoms with Gasteiger partial charge in [0.05, 0.1) is 0 Å². The summed E-state index contributed by atoms with van der Waals surface area (Å²) in [5.74, 6) is 4.50. The summed E-state index contributed by atoms with van der Waals surface area (Å²) >= 11 is 0. The molecule has 1 nitrogen and oxygen atoms in total. The van der Waals surface area contributed by atoms with Crippen molar-refractivity contribution in [3.05, 3.63) is 0 Å². The number of hydrogen-bond acceptors (Lipinski definition) is 1. The van der Waals surface area contributed by atoms with E-state index in [0.717, 1.165) is 29.1 Å². The maximum absolute atomic E-state index is 2.74. The van der Waals surface area contributed by atoms with Crippen molar-refractivity contribution in [2.45, 2.75) is 39.0 Å². The van der Waals surface area contributed by atoms with E-state index >= 15 is 0 Å². The molecule has 5 aliphatic rings. The van der Waals surface area contributed by atoms with Crippen LogP contribution in [0.2, 0.25) is 0 Å². The van der Waals surface area contributed by atoms with E-state index in [1.54, 1.807) is 32.1 Å². The van der Waals surface area contributed by atoms with E-state index in [4.69, 9.17) is 0 Å². The van der Waals surface area contributed by atoms with Gasteiger partial charge >= 0.3 is 0 Å². The molecule has 0 aromatic heterocycles. The van der Waals surface area contributed by atoms with Crippen molar-refractivity contribution < 1.29 is 0 Å². The fourth-order valence-corrected chi connectivity index (χ4v) is 5.93. The Kier molecular flexibility index (Phi) is 1.68. The predicted octanol–water partition coefficient (Wildman–Crippen LogP) is 2.76. The lowest BCUT2D eigenvalue weighted by molar-refractivity contribution is -0.0808. The quantitative estimate of drug-likeness (QED) is 0.636. The second-order valence-corrected chi connectivity index (χ2v) is 6.90. The van der Waals surface area contributed by atoms with Gasteiger partial charge in [0.25, 0.3) is 0 Å². The van der Waals surface area contributed by atoms with E-state index in [1.165, 1.54) is 19.6 Å². The van der Waals surface area contributed by atoms with Gasteiger partial charge in [-0.2, -0.15) is 0 Å². The van der Waals surface area contributed by atoms with E-state index in [0.29, 0.717) is 0 Å². The second kappa shape index (κ2) is 2.80. The van der Waals surface area contributed by atoms with Crippen LogP contribution >= 0.6 is 0 Å². The molecule has 0 aromatic carbocycles. The molecule has 1 heteroatoms. The minimum absolute atomic E-state index is 0.810. The van der Waals surface area contributed by atoms with Crippen LogP contribution in [0.1, 0.15) is 39.0 Å². The Balaban J connectivity index is 1.70. The van der Waals surface area contributed by atoms with Gasteiger partial charge in [-0.1, -0.05) is 6.92 Å². The van der Waals surface area contributed by atoms with Crippen molar-refractivity contribution in [3.63, 3.8) is 0 Å². The van der Waals surface area contributed by atoms with Gasteiger partial charge < -0.3 is 4.90 Å². The summed E-state index contributed by atoms with van der Waals surface area (Å²) in [6.45, 7) is 6.54. The van der Waals surface area contributed by atoms with Crippen molar-refractivity contribution >= 4 is 0 Å². The van der Waals surface area contributed by atoms with Gasteiger partial charge in [0.1, 0.15) is 0 Å². The summed E-state index contributed by atoms with van der Waals surface area (Å²) in [6.07, 6.45) is 7.99. The number of likely N-dealkylation sites (tertiary alicyclic amines) is 1. The van der Waals surface area contributed by atoms with Gasteiger partial charge in [0, 0.05) is 13.1 Å². The van der Waals surface area contributed by atoms with Crippen LogP contribution in [-0.4, -0.2) is 24.5 Å². The largest absolute Gasteiger partial charge is 0.303 e. The third-order valence-corrected chi connectivity index (χ3v) is 6.13. The molecule has 1 heterocycles. The Morgan fingerprint density at radius 2 is 1.87 bits per heavy atom. The van der Waals surface area contributed by atoms with Crippen molar-refractivity contribution in [3.8, 4) is 0 Å². The smallest absolute Gasteiger partial charge is 0.00414 e. The monoisotopic (exact) mass is 205 g/mol. The summed E-state index contributed by atoms with van der Waals surface area (Å²) in [5, 5.41) is 0. The molecule has 4 saturated carbocycles. The van der Waals surface area contributed by atoms with Crippen LogP contribution in [-0.2, 0) is 0 Å². The molecular formula is C14H23N. The van der Waals surface area contributed by atoms with Crippen LogP contribution in [0, 0.1) is 29.1 Å². The molecule has 0 amide bonds. The highest BCUT2D eigenvalue weighted by Crippen LogP contribution is 2.65. The molecule has 84 valence electrons. The number of hydrogen-bond donors (Lipinski definition) is 0. The minimum atomic E-state index is 0.810. The molecule has 5 rings (SSSR count). The van der Waals surface area contributed by atoms with Gasteiger partial charge in [0.15, 0.2) is 0 Å².